The minimum absolute atomic E-state index is 0.249. The van der Waals surface area contributed by atoms with Gasteiger partial charge in [-0.2, -0.15) is 5.10 Å². The zero-order valence-corrected chi connectivity index (χ0v) is 25.1. The van der Waals surface area contributed by atoms with E-state index >= 15 is 0 Å². The molecular weight excluding hydrogens is 530 g/mol. The van der Waals surface area contributed by atoms with Gasteiger partial charge in [-0.25, -0.2) is 0 Å². The summed E-state index contributed by atoms with van der Waals surface area (Å²) in [6.07, 6.45) is 9.00. The lowest BCUT2D eigenvalue weighted by molar-refractivity contribution is -0.105. The van der Waals surface area contributed by atoms with Crippen molar-refractivity contribution in [2.45, 2.75) is 51.5 Å². The fourth-order valence-electron chi connectivity index (χ4n) is 6.61. The fourth-order valence-corrected chi connectivity index (χ4v) is 6.83. The van der Waals surface area contributed by atoms with Crippen molar-refractivity contribution in [3.05, 3.63) is 102 Å². The normalized spacial score (nSPS) is 18.6. The van der Waals surface area contributed by atoms with Crippen molar-refractivity contribution in [3.8, 4) is 0 Å². The molecule has 0 saturated carbocycles. The summed E-state index contributed by atoms with van der Waals surface area (Å²) in [5.74, 6) is 0.754. The number of allylic oxidation sites excluding steroid dienone is 1. The topological polar surface area (TPSA) is 53.4 Å². The van der Waals surface area contributed by atoms with Gasteiger partial charge < -0.3 is 10.2 Å². The third-order valence-corrected chi connectivity index (χ3v) is 9.38. The number of nitrogens with one attached hydrogen (secondary N) is 1. The SMILES string of the molecule is C=C(C)N1CCC(C(c2ccccc2)c2ccc(NC=O)c(/C(Cl)=C(\C)CN3CCC(n4cccn4)CC3)c2)CC1. The Balaban J connectivity index is 1.40. The van der Waals surface area contributed by atoms with Gasteiger partial charge in [0, 0.05) is 68.0 Å². The van der Waals surface area contributed by atoms with Crippen LogP contribution in [-0.4, -0.2) is 58.7 Å². The molecular formula is C34H42ClN5O. The molecule has 1 amide bonds. The lowest BCUT2D eigenvalue weighted by Gasteiger charge is -2.38. The molecule has 1 atom stereocenters. The maximum Gasteiger partial charge on any atom is 0.211 e. The number of carbonyl (C=O) groups excluding carboxylic acids is 1. The number of hydrogen-bond acceptors (Lipinski definition) is 4. The van der Waals surface area contributed by atoms with Crippen molar-refractivity contribution in [1.29, 1.82) is 0 Å². The van der Waals surface area contributed by atoms with Crippen molar-refractivity contribution in [2.24, 2.45) is 5.92 Å². The van der Waals surface area contributed by atoms with E-state index in [2.05, 4.69) is 94.0 Å². The average molecular weight is 572 g/mol. The van der Waals surface area contributed by atoms with Crippen LogP contribution in [0, 0.1) is 5.92 Å². The molecule has 7 heteroatoms. The number of piperidine rings is 2. The standard InChI is InChI=1S/C34H42ClN5O/c1-25(2)39-20-12-28(13-21-39)33(27-8-5-4-6-9-27)29-10-11-32(36-24-41)31(22-29)34(35)26(3)23-38-18-14-30(15-19-38)40-17-7-16-37-40/h4-11,16-17,22,24,28,30,33H,1,12-15,18-21,23H2,2-3H3,(H,36,41)/b34-26-. The summed E-state index contributed by atoms with van der Waals surface area (Å²) in [5.41, 5.74) is 6.45. The number of halogens is 1. The molecule has 5 rings (SSSR count). The third-order valence-electron chi connectivity index (χ3n) is 8.85. The number of likely N-dealkylation sites (tertiary alicyclic amines) is 2. The highest BCUT2D eigenvalue weighted by atomic mass is 35.5. The Kier molecular flexibility index (Phi) is 9.63. The van der Waals surface area contributed by atoms with Crippen LogP contribution in [0.5, 0.6) is 0 Å². The molecule has 3 heterocycles. The first-order valence-electron chi connectivity index (χ1n) is 14.8. The van der Waals surface area contributed by atoms with E-state index in [1.54, 1.807) is 0 Å². The maximum absolute atomic E-state index is 11.5. The molecule has 3 aromatic rings. The summed E-state index contributed by atoms with van der Waals surface area (Å²) in [6.45, 7) is 13.2. The molecule has 0 bridgehead atoms. The van der Waals surface area contributed by atoms with Gasteiger partial charge in [0.25, 0.3) is 0 Å². The van der Waals surface area contributed by atoms with Gasteiger partial charge in [-0.15, -0.1) is 0 Å². The predicted molar refractivity (Wildman–Crippen MR) is 169 cm³/mol. The second kappa shape index (κ2) is 13.5. The first kappa shape index (κ1) is 29.2. The van der Waals surface area contributed by atoms with Crippen LogP contribution < -0.4 is 5.32 Å². The molecule has 2 fully saturated rings. The summed E-state index contributed by atoms with van der Waals surface area (Å²) in [6, 6.07) is 19.6. The van der Waals surface area contributed by atoms with Crippen LogP contribution in [0.4, 0.5) is 5.69 Å². The Labute approximate surface area is 249 Å². The van der Waals surface area contributed by atoms with Crippen molar-refractivity contribution >= 4 is 28.7 Å². The molecule has 2 aliphatic rings. The van der Waals surface area contributed by atoms with Gasteiger partial charge in [0.05, 0.1) is 11.1 Å². The summed E-state index contributed by atoms with van der Waals surface area (Å²) in [5, 5.41) is 8.06. The summed E-state index contributed by atoms with van der Waals surface area (Å²) in [7, 11) is 0. The van der Waals surface area contributed by atoms with Crippen molar-refractivity contribution in [1.82, 2.24) is 19.6 Å². The first-order chi connectivity index (χ1) is 19.9. The van der Waals surface area contributed by atoms with Gasteiger partial charge in [0.15, 0.2) is 0 Å². The Morgan fingerprint density at radius 3 is 2.39 bits per heavy atom. The minimum Gasteiger partial charge on any atom is -0.376 e. The van der Waals surface area contributed by atoms with E-state index in [1.807, 2.05) is 18.3 Å². The number of benzene rings is 2. The van der Waals surface area contributed by atoms with E-state index in [9.17, 15) is 4.79 Å². The summed E-state index contributed by atoms with van der Waals surface area (Å²) < 4.78 is 2.08. The van der Waals surface area contributed by atoms with E-state index in [4.69, 9.17) is 11.6 Å². The van der Waals surface area contributed by atoms with Crippen LogP contribution in [0.3, 0.4) is 0 Å². The van der Waals surface area contributed by atoms with Crippen LogP contribution in [0.15, 0.2) is 84.8 Å². The molecule has 0 aliphatic carbocycles. The second-order valence-electron chi connectivity index (χ2n) is 11.6. The van der Waals surface area contributed by atoms with Gasteiger partial charge in [0.2, 0.25) is 6.41 Å². The van der Waals surface area contributed by atoms with Crippen LogP contribution >= 0.6 is 11.6 Å². The van der Waals surface area contributed by atoms with Crippen molar-refractivity contribution in [2.75, 3.05) is 38.0 Å². The monoisotopic (exact) mass is 571 g/mol. The molecule has 0 spiro atoms. The summed E-state index contributed by atoms with van der Waals surface area (Å²) >= 11 is 7.16. The number of nitrogens with zero attached hydrogens (tertiary/aromatic N) is 4. The maximum atomic E-state index is 11.5. The Morgan fingerprint density at radius 1 is 1.02 bits per heavy atom. The van der Waals surface area contributed by atoms with Gasteiger partial charge in [-0.3, -0.25) is 14.4 Å². The molecule has 0 radical (unpaired) electrons. The molecule has 2 aliphatic heterocycles. The zero-order valence-electron chi connectivity index (χ0n) is 24.3. The van der Waals surface area contributed by atoms with Gasteiger partial charge in [-0.1, -0.05) is 54.6 Å². The number of hydrogen-bond donors (Lipinski definition) is 1. The van der Waals surface area contributed by atoms with Crippen LogP contribution in [0.1, 0.15) is 68.2 Å². The zero-order chi connectivity index (χ0) is 28.8. The Morgan fingerprint density at radius 2 is 1.76 bits per heavy atom. The van der Waals surface area contributed by atoms with E-state index in [0.717, 1.165) is 87.3 Å². The quantitative estimate of drug-likeness (QED) is 0.263. The molecule has 1 unspecified atom stereocenters. The molecule has 2 aromatic carbocycles. The van der Waals surface area contributed by atoms with E-state index in [0.29, 0.717) is 17.0 Å². The molecule has 2 saturated heterocycles. The number of rotatable bonds is 10. The second-order valence-corrected chi connectivity index (χ2v) is 12.0. The van der Waals surface area contributed by atoms with Crippen LogP contribution in [0.2, 0.25) is 0 Å². The summed E-state index contributed by atoms with van der Waals surface area (Å²) in [4.78, 5) is 16.4. The molecule has 41 heavy (non-hydrogen) atoms. The highest BCUT2D eigenvalue weighted by Crippen LogP contribution is 2.41. The predicted octanol–water partition coefficient (Wildman–Crippen LogP) is 7.14. The lowest BCUT2D eigenvalue weighted by Crippen LogP contribution is -2.35. The van der Waals surface area contributed by atoms with Gasteiger partial charge >= 0.3 is 0 Å². The smallest absolute Gasteiger partial charge is 0.211 e. The molecule has 6 nitrogen and oxygen atoms in total. The Bertz CT molecular complexity index is 1340. The minimum atomic E-state index is 0.249. The van der Waals surface area contributed by atoms with E-state index < -0.39 is 0 Å². The van der Waals surface area contributed by atoms with Crippen LogP contribution in [0.25, 0.3) is 5.03 Å². The highest BCUT2D eigenvalue weighted by Gasteiger charge is 2.30. The van der Waals surface area contributed by atoms with Gasteiger partial charge in [0.1, 0.15) is 0 Å². The van der Waals surface area contributed by atoms with Crippen molar-refractivity contribution in [3.63, 3.8) is 0 Å². The molecule has 1 aromatic heterocycles. The average Bonchev–Trinajstić information content (AvgIpc) is 3.54. The third kappa shape index (κ3) is 6.94. The van der Waals surface area contributed by atoms with E-state index in [1.165, 1.54) is 11.1 Å². The number of carbonyl (C=O) groups is 1. The van der Waals surface area contributed by atoms with Crippen molar-refractivity contribution < 1.29 is 4.79 Å². The first-order valence-corrected chi connectivity index (χ1v) is 15.2. The largest absolute Gasteiger partial charge is 0.376 e. The van der Waals surface area contributed by atoms with Gasteiger partial charge in [-0.05, 0) is 80.3 Å². The number of anilines is 1. The number of amides is 1. The highest BCUT2D eigenvalue weighted by molar-refractivity contribution is 6.49. The Hall–Kier alpha value is -3.35. The number of aromatic nitrogens is 2. The van der Waals surface area contributed by atoms with E-state index in [-0.39, 0.29) is 5.92 Å². The molecule has 216 valence electrons. The van der Waals surface area contributed by atoms with Crippen LogP contribution in [-0.2, 0) is 4.79 Å². The fraction of sp³-hybridized carbons (Fsp3) is 0.412. The molecule has 1 N–H and O–H groups in total. The lowest BCUT2D eigenvalue weighted by atomic mass is 9.75.